The molecule has 2 aliphatic carbocycles. The van der Waals surface area contributed by atoms with E-state index in [0.717, 1.165) is 0 Å². The van der Waals surface area contributed by atoms with E-state index in [-0.39, 0.29) is 5.41 Å². The first-order valence-electron chi connectivity index (χ1n) is 12.3. The molecule has 1 nitrogen and oxygen atoms in total. The number of nitrogens with zero attached hydrogens (tertiary/aromatic N) is 1. The minimum absolute atomic E-state index is 0.101. The molecule has 2 atom stereocenters. The number of benzene rings is 4. The molecular formula is C33H26BrN. The Morgan fingerprint density at radius 1 is 0.771 bits per heavy atom. The van der Waals surface area contributed by atoms with Crippen LogP contribution in [0.3, 0.4) is 0 Å². The molecule has 0 radical (unpaired) electrons. The van der Waals surface area contributed by atoms with Crippen LogP contribution in [-0.4, -0.2) is 6.04 Å². The van der Waals surface area contributed by atoms with Crippen molar-refractivity contribution in [2.24, 2.45) is 0 Å². The lowest BCUT2D eigenvalue weighted by Crippen LogP contribution is -2.28. The number of para-hydroxylation sites is 1. The smallest absolute Gasteiger partial charge is 0.0629 e. The Balaban J connectivity index is 1.41. The molecule has 3 aliphatic rings. The maximum atomic E-state index is 4.08. The summed E-state index contributed by atoms with van der Waals surface area (Å²) in [5.74, 6) is 0.395. The summed E-state index contributed by atoms with van der Waals surface area (Å²) in [5.41, 5.74) is 9.21. The molecule has 4 aromatic carbocycles. The highest BCUT2D eigenvalue weighted by molar-refractivity contribution is 9.15. The van der Waals surface area contributed by atoms with E-state index in [4.69, 9.17) is 0 Å². The van der Waals surface area contributed by atoms with Crippen LogP contribution in [0, 0.1) is 0 Å². The van der Waals surface area contributed by atoms with Crippen LogP contribution in [0.4, 0.5) is 11.4 Å². The third-order valence-corrected chi connectivity index (χ3v) is 8.88. The fourth-order valence-electron chi connectivity index (χ4n) is 6.44. The monoisotopic (exact) mass is 515 g/mol. The molecule has 0 aromatic heterocycles. The Kier molecular flexibility index (Phi) is 4.53. The van der Waals surface area contributed by atoms with Crippen molar-refractivity contribution < 1.29 is 0 Å². The van der Waals surface area contributed by atoms with Crippen LogP contribution < -0.4 is 4.90 Å². The van der Waals surface area contributed by atoms with Crippen LogP contribution in [0.15, 0.2) is 109 Å². The molecule has 7 rings (SSSR count). The van der Waals surface area contributed by atoms with Gasteiger partial charge < -0.3 is 4.90 Å². The summed E-state index contributed by atoms with van der Waals surface area (Å²) in [6.45, 7) is 4.71. The van der Waals surface area contributed by atoms with Crippen LogP contribution in [0.1, 0.15) is 42.0 Å². The van der Waals surface area contributed by atoms with Gasteiger partial charge in [0.25, 0.3) is 0 Å². The van der Waals surface area contributed by atoms with Crippen molar-refractivity contribution in [1.29, 1.82) is 0 Å². The van der Waals surface area contributed by atoms with E-state index in [1.807, 2.05) is 0 Å². The lowest BCUT2D eigenvalue weighted by Gasteiger charge is -2.30. The predicted molar refractivity (Wildman–Crippen MR) is 153 cm³/mol. The molecule has 0 saturated carbocycles. The third-order valence-electron chi connectivity index (χ3n) is 8.05. The zero-order chi connectivity index (χ0) is 23.7. The van der Waals surface area contributed by atoms with Gasteiger partial charge in [0.05, 0.1) is 6.04 Å². The van der Waals surface area contributed by atoms with Crippen LogP contribution in [0.2, 0.25) is 0 Å². The molecule has 35 heavy (non-hydrogen) atoms. The second kappa shape index (κ2) is 7.57. The van der Waals surface area contributed by atoms with Crippen molar-refractivity contribution >= 4 is 48.1 Å². The second-order valence-electron chi connectivity index (χ2n) is 10.3. The van der Waals surface area contributed by atoms with Crippen molar-refractivity contribution in [3.05, 3.63) is 131 Å². The van der Waals surface area contributed by atoms with Crippen molar-refractivity contribution in [3.8, 4) is 0 Å². The number of hydrogen-bond acceptors (Lipinski definition) is 1. The predicted octanol–water partition coefficient (Wildman–Crippen LogP) is 9.12. The molecule has 0 N–H and O–H groups in total. The fourth-order valence-corrected chi connectivity index (χ4v) is 7.48. The van der Waals surface area contributed by atoms with Crippen molar-refractivity contribution in [3.63, 3.8) is 0 Å². The highest BCUT2D eigenvalue weighted by atomic mass is 79.9. The second-order valence-corrected chi connectivity index (χ2v) is 11.1. The molecule has 2 heteroatoms. The number of fused-ring (bicyclic) bond motifs is 5. The largest absolute Gasteiger partial charge is 0.333 e. The van der Waals surface area contributed by atoms with Crippen LogP contribution >= 0.6 is 15.9 Å². The standard InChI is InChI=1S/C33H26BrN/c1-33(2)28-19-18-22(35-29-16-7-5-13-24(29)25-14-6-8-17-30(25)35)20-27(28)32(34)31(33)26-15-9-11-21-10-3-4-12-23(21)26/h3-20,24,29H,1-2H3. The summed E-state index contributed by atoms with van der Waals surface area (Å²) >= 11 is 4.08. The van der Waals surface area contributed by atoms with Crippen molar-refractivity contribution in [2.75, 3.05) is 4.90 Å². The average molecular weight is 516 g/mol. The van der Waals surface area contributed by atoms with E-state index in [1.165, 1.54) is 54.5 Å². The molecule has 2 unspecified atom stereocenters. The number of halogens is 1. The lowest BCUT2D eigenvalue weighted by molar-refractivity contribution is 0.703. The average Bonchev–Trinajstić information content (AvgIpc) is 3.32. The first kappa shape index (κ1) is 21.0. The summed E-state index contributed by atoms with van der Waals surface area (Å²) < 4.78 is 1.21. The third kappa shape index (κ3) is 2.93. The van der Waals surface area contributed by atoms with Crippen molar-refractivity contribution in [2.45, 2.75) is 31.2 Å². The molecule has 1 aliphatic heterocycles. The maximum absolute atomic E-state index is 4.08. The van der Waals surface area contributed by atoms with Crippen LogP contribution in [-0.2, 0) is 5.41 Å². The molecular weight excluding hydrogens is 490 g/mol. The topological polar surface area (TPSA) is 3.24 Å². The zero-order valence-electron chi connectivity index (χ0n) is 19.9. The Hall–Kier alpha value is -3.36. The summed E-state index contributed by atoms with van der Waals surface area (Å²) in [4.78, 5) is 2.52. The molecule has 0 amide bonds. The van der Waals surface area contributed by atoms with Crippen LogP contribution in [0.5, 0.6) is 0 Å². The van der Waals surface area contributed by atoms with Gasteiger partial charge in [-0.1, -0.05) is 105 Å². The molecule has 0 fully saturated rings. The van der Waals surface area contributed by atoms with Gasteiger partial charge in [0.1, 0.15) is 0 Å². The summed E-state index contributed by atoms with van der Waals surface area (Å²) in [5, 5.41) is 2.58. The molecule has 0 bridgehead atoms. The van der Waals surface area contributed by atoms with E-state index in [0.29, 0.717) is 12.0 Å². The minimum Gasteiger partial charge on any atom is -0.333 e. The van der Waals surface area contributed by atoms with Gasteiger partial charge in [-0.3, -0.25) is 0 Å². The van der Waals surface area contributed by atoms with Gasteiger partial charge in [0.2, 0.25) is 0 Å². The highest BCUT2D eigenvalue weighted by Crippen LogP contribution is 2.56. The zero-order valence-corrected chi connectivity index (χ0v) is 21.5. The van der Waals surface area contributed by atoms with Gasteiger partial charge in [-0.15, -0.1) is 0 Å². The molecule has 0 saturated heterocycles. The summed E-state index contributed by atoms with van der Waals surface area (Å²) in [7, 11) is 0. The maximum Gasteiger partial charge on any atom is 0.0629 e. The minimum atomic E-state index is -0.101. The van der Waals surface area contributed by atoms with E-state index >= 15 is 0 Å². The number of allylic oxidation sites excluding steroid dienone is 3. The number of hydrogen-bond donors (Lipinski definition) is 0. The Morgan fingerprint density at radius 3 is 2.46 bits per heavy atom. The SMILES string of the molecule is CC1(C)C(c2cccc3ccccc23)=C(Br)c2cc(N3c4ccccc4C4C=CC=CC43)ccc21. The van der Waals surface area contributed by atoms with E-state index < -0.39 is 0 Å². The Morgan fingerprint density at radius 2 is 1.54 bits per heavy atom. The Labute approximate surface area is 215 Å². The van der Waals surface area contributed by atoms with E-state index in [1.54, 1.807) is 0 Å². The lowest BCUT2D eigenvalue weighted by atomic mass is 9.77. The van der Waals surface area contributed by atoms with Gasteiger partial charge in [0, 0.05) is 27.2 Å². The van der Waals surface area contributed by atoms with Gasteiger partial charge >= 0.3 is 0 Å². The fraction of sp³-hybridized carbons (Fsp3) is 0.152. The molecule has 170 valence electrons. The van der Waals surface area contributed by atoms with Gasteiger partial charge in [-0.25, -0.2) is 0 Å². The summed E-state index contributed by atoms with van der Waals surface area (Å²) in [6.07, 6.45) is 9.05. The number of rotatable bonds is 2. The van der Waals surface area contributed by atoms with Gasteiger partial charge in [-0.05, 0) is 72.7 Å². The van der Waals surface area contributed by atoms with Gasteiger partial charge in [0.15, 0.2) is 0 Å². The van der Waals surface area contributed by atoms with Crippen molar-refractivity contribution in [1.82, 2.24) is 0 Å². The molecule has 0 spiro atoms. The van der Waals surface area contributed by atoms with Crippen LogP contribution in [0.25, 0.3) is 20.8 Å². The summed E-state index contributed by atoms with van der Waals surface area (Å²) in [6, 6.07) is 31.6. The van der Waals surface area contributed by atoms with E-state index in [2.05, 4.69) is 144 Å². The quantitative estimate of drug-likeness (QED) is 0.257. The number of anilines is 2. The molecule has 1 heterocycles. The highest BCUT2D eigenvalue weighted by Gasteiger charge is 2.41. The normalized spacial score (nSPS) is 21.4. The first-order chi connectivity index (χ1) is 17.1. The van der Waals surface area contributed by atoms with E-state index in [9.17, 15) is 0 Å². The Bertz CT molecular complexity index is 1600. The first-order valence-corrected chi connectivity index (χ1v) is 13.1. The molecule has 4 aromatic rings. The van der Waals surface area contributed by atoms with Gasteiger partial charge in [-0.2, -0.15) is 0 Å².